The molecule has 0 spiro atoms. The molecular weight excluding hydrogens is 314 g/mol. The van der Waals surface area contributed by atoms with Crippen molar-refractivity contribution < 1.29 is 18.7 Å². The minimum atomic E-state index is 0.554. The van der Waals surface area contributed by atoms with Crippen LogP contribution < -0.4 is 14.2 Å². The number of benzene rings is 1. The van der Waals surface area contributed by atoms with E-state index in [0.717, 1.165) is 11.3 Å². The summed E-state index contributed by atoms with van der Waals surface area (Å²) in [5, 5.41) is 4.62. The highest BCUT2D eigenvalue weighted by Crippen LogP contribution is 2.41. The Morgan fingerprint density at radius 1 is 1.05 bits per heavy atom. The van der Waals surface area contributed by atoms with Crippen LogP contribution in [0.4, 0.5) is 0 Å². The molecule has 1 heterocycles. The van der Waals surface area contributed by atoms with Gasteiger partial charge in [0.2, 0.25) is 5.75 Å². The molecule has 0 aliphatic carbocycles. The summed E-state index contributed by atoms with van der Waals surface area (Å²) in [6.07, 6.45) is 0. The quantitative estimate of drug-likeness (QED) is 0.789. The molecule has 0 aliphatic rings. The molecule has 0 N–H and O–H groups in total. The van der Waals surface area contributed by atoms with E-state index in [2.05, 4.69) is 21.1 Å². The predicted octanol–water partition coefficient (Wildman–Crippen LogP) is 3.26. The van der Waals surface area contributed by atoms with E-state index in [-0.39, 0.29) is 0 Å². The van der Waals surface area contributed by atoms with E-state index in [4.69, 9.17) is 18.7 Å². The van der Waals surface area contributed by atoms with Gasteiger partial charge in [0.25, 0.3) is 0 Å². The Kier molecular flexibility index (Phi) is 4.31. The second kappa shape index (κ2) is 5.97. The van der Waals surface area contributed by atoms with Crippen LogP contribution >= 0.6 is 15.9 Å². The van der Waals surface area contributed by atoms with Crippen molar-refractivity contribution in [1.29, 1.82) is 0 Å². The average Bonchev–Trinajstić information content (AvgIpc) is 2.94. The lowest BCUT2D eigenvalue weighted by molar-refractivity contribution is 0.324. The Bertz CT molecular complexity index is 543. The van der Waals surface area contributed by atoms with Crippen molar-refractivity contribution in [3.63, 3.8) is 0 Å². The maximum absolute atomic E-state index is 5.30. The highest BCUT2D eigenvalue weighted by Gasteiger charge is 2.16. The van der Waals surface area contributed by atoms with Gasteiger partial charge in [-0.1, -0.05) is 21.1 Å². The molecule has 102 valence electrons. The minimum absolute atomic E-state index is 0.554. The zero-order valence-corrected chi connectivity index (χ0v) is 12.5. The van der Waals surface area contributed by atoms with Gasteiger partial charge in [0.05, 0.1) is 26.7 Å². The van der Waals surface area contributed by atoms with Gasteiger partial charge >= 0.3 is 0 Å². The summed E-state index contributed by atoms with van der Waals surface area (Å²) in [5.41, 5.74) is 1.55. The fraction of sp³-hybridized carbons (Fsp3) is 0.308. The molecule has 0 amide bonds. The Hall–Kier alpha value is -1.69. The fourth-order valence-corrected chi connectivity index (χ4v) is 2.01. The number of methoxy groups -OCH3 is 3. The first kappa shape index (κ1) is 13.7. The van der Waals surface area contributed by atoms with Crippen LogP contribution in [0.25, 0.3) is 11.3 Å². The number of rotatable bonds is 5. The first-order valence-corrected chi connectivity index (χ1v) is 6.67. The van der Waals surface area contributed by atoms with Crippen molar-refractivity contribution in [2.75, 3.05) is 21.3 Å². The molecule has 0 saturated carbocycles. The molecule has 1 aromatic carbocycles. The van der Waals surface area contributed by atoms with Crippen LogP contribution in [-0.4, -0.2) is 26.5 Å². The van der Waals surface area contributed by atoms with Crippen LogP contribution in [0.1, 0.15) is 5.76 Å². The number of nitrogens with zero attached hydrogens (tertiary/aromatic N) is 1. The molecule has 0 radical (unpaired) electrons. The van der Waals surface area contributed by atoms with Crippen molar-refractivity contribution in [2.24, 2.45) is 0 Å². The highest BCUT2D eigenvalue weighted by molar-refractivity contribution is 9.08. The summed E-state index contributed by atoms with van der Waals surface area (Å²) in [6.45, 7) is 0. The molecule has 0 unspecified atom stereocenters. The molecule has 0 aliphatic heterocycles. The Morgan fingerprint density at radius 3 is 2.11 bits per heavy atom. The van der Waals surface area contributed by atoms with Gasteiger partial charge in [0.1, 0.15) is 11.5 Å². The number of hydrogen-bond donors (Lipinski definition) is 0. The lowest BCUT2D eigenvalue weighted by Gasteiger charge is -2.13. The number of hydrogen-bond acceptors (Lipinski definition) is 5. The van der Waals surface area contributed by atoms with Crippen molar-refractivity contribution in [2.45, 2.75) is 5.33 Å². The van der Waals surface area contributed by atoms with E-state index in [1.165, 1.54) is 0 Å². The first-order chi connectivity index (χ1) is 9.23. The predicted molar refractivity (Wildman–Crippen MR) is 74.2 cm³/mol. The van der Waals surface area contributed by atoms with Crippen LogP contribution in [0.5, 0.6) is 17.2 Å². The van der Waals surface area contributed by atoms with Crippen molar-refractivity contribution in [3.05, 3.63) is 24.0 Å². The number of ether oxygens (including phenoxy) is 3. The summed E-state index contributed by atoms with van der Waals surface area (Å²) in [6, 6.07) is 5.52. The molecule has 6 heteroatoms. The van der Waals surface area contributed by atoms with Crippen molar-refractivity contribution >= 4 is 15.9 Å². The van der Waals surface area contributed by atoms with Crippen LogP contribution in [-0.2, 0) is 5.33 Å². The van der Waals surface area contributed by atoms with Gasteiger partial charge in [-0.25, -0.2) is 0 Å². The largest absolute Gasteiger partial charge is 0.493 e. The summed E-state index contributed by atoms with van der Waals surface area (Å²) in [5.74, 6) is 2.47. The first-order valence-electron chi connectivity index (χ1n) is 5.55. The maximum Gasteiger partial charge on any atom is 0.203 e. The van der Waals surface area contributed by atoms with Gasteiger partial charge in [-0.05, 0) is 12.1 Å². The molecule has 2 rings (SSSR count). The Labute approximate surface area is 119 Å². The van der Waals surface area contributed by atoms with Crippen molar-refractivity contribution in [3.8, 4) is 28.5 Å². The van der Waals surface area contributed by atoms with Gasteiger partial charge in [-0.15, -0.1) is 0 Å². The third-order valence-corrected chi connectivity index (χ3v) is 3.20. The van der Waals surface area contributed by atoms with E-state index in [1.54, 1.807) is 21.3 Å². The third kappa shape index (κ3) is 2.68. The normalized spacial score (nSPS) is 10.3. The van der Waals surface area contributed by atoms with E-state index >= 15 is 0 Å². The highest BCUT2D eigenvalue weighted by atomic mass is 79.9. The molecule has 5 nitrogen and oxygen atoms in total. The van der Waals surface area contributed by atoms with Crippen molar-refractivity contribution in [1.82, 2.24) is 5.16 Å². The standard InChI is InChI=1S/C13H14BrNO4/c1-16-11-4-8(5-12(17-2)13(11)18-3)10-6-9(7-14)19-15-10/h4-6H,7H2,1-3H3. The monoisotopic (exact) mass is 327 g/mol. The zero-order chi connectivity index (χ0) is 13.8. The molecule has 0 bridgehead atoms. The van der Waals surface area contributed by atoms with Gasteiger partial charge in [0, 0.05) is 11.6 Å². The summed E-state index contributed by atoms with van der Waals surface area (Å²) >= 11 is 3.32. The zero-order valence-electron chi connectivity index (χ0n) is 10.9. The number of alkyl halides is 1. The SMILES string of the molecule is COc1cc(-c2cc(CBr)on2)cc(OC)c1OC. The molecule has 0 fully saturated rings. The van der Waals surface area contributed by atoms with E-state index in [0.29, 0.717) is 28.3 Å². The van der Waals surface area contributed by atoms with E-state index in [9.17, 15) is 0 Å². The topological polar surface area (TPSA) is 53.7 Å². The summed E-state index contributed by atoms with van der Waals surface area (Å²) < 4.78 is 21.0. The van der Waals surface area contributed by atoms with Crippen LogP contribution in [0, 0.1) is 0 Å². The summed E-state index contributed by atoms with van der Waals surface area (Å²) in [4.78, 5) is 0. The van der Waals surface area contributed by atoms with E-state index in [1.807, 2.05) is 18.2 Å². The van der Waals surface area contributed by atoms with Gasteiger partial charge in [-0.2, -0.15) is 0 Å². The Balaban J connectivity index is 2.51. The molecule has 0 saturated heterocycles. The van der Waals surface area contributed by atoms with E-state index < -0.39 is 0 Å². The van der Waals surface area contributed by atoms with Crippen LogP contribution in [0.15, 0.2) is 22.7 Å². The molecule has 2 aromatic rings. The second-order valence-electron chi connectivity index (χ2n) is 3.73. The average molecular weight is 328 g/mol. The van der Waals surface area contributed by atoms with Crippen LogP contribution in [0.3, 0.4) is 0 Å². The van der Waals surface area contributed by atoms with Gasteiger partial charge < -0.3 is 18.7 Å². The van der Waals surface area contributed by atoms with Gasteiger partial charge in [0.15, 0.2) is 11.5 Å². The lowest BCUT2D eigenvalue weighted by Crippen LogP contribution is -1.95. The summed E-state index contributed by atoms with van der Waals surface area (Å²) in [7, 11) is 4.72. The number of aromatic nitrogens is 1. The molecule has 1 aromatic heterocycles. The maximum atomic E-state index is 5.30. The lowest BCUT2D eigenvalue weighted by atomic mass is 10.1. The van der Waals surface area contributed by atoms with Crippen LogP contribution in [0.2, 0.25) is 0 Å². The Morgan fingerprint density at radius 2 is 1.68 bits per heavy atom. The smallest absolute Gasteiger partial charge is 0.203 e. The number of halogens is 1. The third-order valence-electron chi connectivity index (χ3n) is 2.65. The molecule has 19 heavy (non-hydrogen) atoms. The molecule has 0 atom stereocenters. The second-order valence-corrected chi connectivity index (χ2v) is 4.29. The molecular formula is C13H14BrNO4. The minimum Gasteiger partial charge on any atom is -0.493 e. The van der Waals surface area contributed by atoms with Gasteiger partial charge in [-0.3, -0.25) is 0 Å². The fourth-order valence-electron chi connectivity index (χ4n) is 1.74.